The molecule has 0 saturated carbocycles. The van der Waals surface area contributed by atoms with E-state index in [1.165, 1.54) is 13.0 Å². The summed E-state index contributed by atoms with van der Waals surface area (Å²) in [5, 5.41) is -0.319. The van der Waals surface area contributed by atoms with E-state index < -0.39 is 15.1 Å². The van der Waals surface area contributed by atoms with Gasteiger partial charge in [-0.3, -0.25) is 0 Å². The van der Waals surface area contributed by atoms with Gasteiger partial charge in [-0.25, -0.2) is 4.98 Å². The topological polar surface area (TPSA) is 47.0 Å². The van der Waals surface area contributed by atoms with Gasteiger partial charge in [-0.1, -0.05) is 11.6 Å². The first-order valence-corrected chi connectivity index (χ1v) is 5.17. The van der Waals surface area contributed by atoms with Crippen LogP contribution in [0.2, 0.25) is 5.15 Å². The van der Waals surface area contributed by atoms with Crippen molar-refractivity contribution in [2.75, 3.05) is 0 Å². The molecule has 0 amide bonds. The molecular weight excluding hydrogens is 217 g/mol. The maximum absolute atomic E-state index is 12.6. The van der Waals surface area contributed by atoms with Gasteiger partial charge in [0.25, 0.3) is 0 Å². The van der Waals surface area contributed by atoms with Crippen molar-refractivity contribution < 1.29 is 12.3 Å². The van der Waals surface area contributed by atoms with Gasteiger partial charge in [0.15, 0.2) is 5.15 Å². The molecule has 13 heavy (non-hydrogen) atoms. The first kappa shape index (κ1) is 10.4. The summed E-state index contributed by atoms with van der Waals surface area (Å²) in [6, 6.07) is 1.46. The zero-order chi connectivity index (χ0) is 10.2. The summed E-state index contributed by atoms with van der Waals surface area (Å²) < 4.78 is 33.8. The predicted octanol–water partition coefficient (Wildman–Crippen LogP) is 2.01. The van der Waals surface area contributed by atoms with Crippen molar-refractivity contribution in [2.45, 2.75) is 18.7 Å². The number of halogens is 2. The smallest absolute Gasteiger partial charge is 0.240 e. The average Bonchev–Trinajstić information content (AvgIpc) is 1.78. The van der Waals surface area contributed by atoms with Crippen LogP contribution in [-0.2, 0) is 10.2 Å². The molecule has 0 bridgehead atoms. The Morgan fingerprint density at radius 3 is 2.38 bits per heavy atom. The van der Waals surface area contributed by atoms with E-state index in [9.17, 15) is 12.3 Å². The molecular formula is C7H7ClFNO2S. The van der Waals surface area contributed by atoms with E-state index in [2.05, 4.69) is 4.98 Å². The zero-order valence-electron chi connectivity index (χ0n) is 7.01. The molecule has 0 spiro atoms. The first-order chi connectivity index (χ1) is 5.82. The quantitative estimate of drug-likeness (QED) is 0.541. The Morgan fingerprint density at radius 2 is 2.00 bits per heavy atom. The summed E-state index contributed by atoms with van der Waals surface area (Å²) in [5.41, 5.74) is 0.815. The number of nitrogens with zero attached hydrogens (tertiary/aromatic N) is 1. The third-order valence-corrected chi connectivity index (χ3v) is 2.88. The van der Waals surface area contributed by atoms with Crippen molar-refractivity contribution in [3.8, 4) is 0 Å². The third kappa shape index (κ3) is 2.16. The van der Waals surface area contributed by atoms with Gasteiger partial charge in [-0.15, -0.1) is 3.89 Å². The second kappa shape index (κ2) is 3.23. The number of aromatic nitrogens is 1. The van der Waals surface area contributed by atoms with Crippen molar-refractivity contribution in [2.24, 2.45) is 0 Å². The highest BCUT2D eigenvalue weighted by atomic mass is 35.5. The molecule has 0 aliphatic carbocycles. The lowest BCUT2D eigenvalue weighted by Crippen LogP contribution is -2.00. The van der Waals surface area contributed by atoms with Gasteiger partial charge in [-0.05, 0) is 25.5 Å². The standard InChI is InChI=1S/C7H7ClFNO2S/c1-4-3-5(2)10-7(8)6(4)13(9,11)12/h3H,1-2H3. The van der Waals surface area contributed by atoms with Gasteiger partial charge < -0.3 is 0 Å². The van der Waals surface area contributed by atoms with Crippen LogP contribution in [-0.4, -0.2) is 13.4 Å². The van der Waals surface area contributed by atoms with E-state index in [1.54, 1.807) is 6.92 Å². The molecule has 72 valence electrons. The molecule has 0 N–H and O–H groups in total. The summed E-state index contributed by atoms with van der Waals surface area (Å²) in [6.45, 7) is 3.11. The molecule has 1 aromatic rings. The fraction of sp³-hybridized carbons (Fsp3) is 0.286. The van der Waals surface area contributed by atoms with Gasteiger partial charge in [0.05, 0.1) is 0 Å². The molecule has 0 atom stereocenters. The average molecular weight is 224 g/mol. The number of hydrogen-bond acceptors (Lipinski definition) is 3. The molecule has 0 aliphatic rings. The predicted molar refractivity (Wildman–Crippen MR) is 47.0 cm³/mol. The molecule has 0 radical (unpaired) electrons. The summed E-state index contributed by atoms with van der Waals surface area (Å²) in [6.07, 6.45) is 0. The molecule has 0 aromatic carbocycles. The number of aryl methyl sites for hydroxylation is 2. The summed E-state index contributed by atoms with van der Waals surface area (Å²) in [7, 11) is -4.78. The van der Waals surface area contributed by atoms with Crippen molar-refractivity contribution in [1.29, 1.82) is 0 Å². The van der Waals surface area contributed by atoms with Crippen LogP contribution < -0.4 is 0 Å². The highest BCUT2D eigenvalue weighted by molar-refractivity contribution is 7.86. The first-order valence-electron chi connectivity index (χ1n) is 3.41. The Balaban J connectivity index is 3.57. The van der Waals surface area contributed by atoms with Crippen molar-refractivity contribution in [3.05, 3.63) is 22.5 Å². The van der Waals surface area contributed by atoms with Crippen molar-refractivity contribution in [1.82, 2.24) is 4.98 Å². The maximum Gasteiger partial charge on any atom is 0.335 e. The van der Waals surface area contributed by atoms with Crippen LogP contribution >= 0.6 is 11.6 Å². The lowest BCUT2D eigenvalue weighted by Gasteiger charge is -2.03. The van der Waals surface area contributed by atoms with E-state index in [0.29, 0.717) is 5.69 Å². The number of pyridine rings is 1. The molecule has 0 unspecified atom stereocenters. The monoisotopic (exact) mass is 223 g/mol. The van der Waals surface area contributed by atoms with Crippen LogP contribution in [0.1, 0.15) is 11.3 Å². The Bertz CT molecular complexity index is 421. The summed E-state index contributed by atoms with van der Waals surface area (Å²) >= 11 is 5.49. The Morgan fingerprint density at radius 1 is 1.46 bits per heavy atom. The van der Waals surface area contributed by atoms with Crippen molar-refractivity contribution >= 4 is 21.8 Å². The molecule has 1 rings (SSSR count). The fourth-order valence-corrected chi connectivity index (χ4v) is 2.32. The highest BCUT2D eigenvalue weighted by Crippen LogP contribution is 2.25. The zero-order valence-corrected chi connectivity index (χ0v) is 8.58. The lowest BCUT2D eigenvalue weighted by atomic mass is 10.2. The molecule has 0 aliphatic heterocycles. The minimum absolute atomic E-state index is 0.264. The van der Waals surface area contributed by atoms with E-state index in [1.807, 2.05) is 0 Å². The van der Waals surface area contributed by atoms with Crippen LogP contribution in [0.25, 0.3) is 0 Å². The van der Waals surface area contributed by atoms with Crippen LogP contribution in [0.5, 0.6) is 0 Å². The van der Waals surface area contributed by atoms with Crippen LogP contribution in [0.4, 0.5) is 3.89 Å². The van der Waals surface area contributed by atoms with E-state index in [-0.39, 0.29) is 10.7 Å². The molecule has 6 heteroatoms. The third-order valence-electron chi connectivity index (χ3n) is 1.49. The minimum Gasteiger partial charge on any atom is -0.240 e. The van der Waals surface area contributed by atoms with Crippen LogP contribution in [0, 0.1) is 13.8 Å². The summed E-state index contributed by atoms with van der Waals surface area (Å²) in [4.78, 5) is 3.11. The van der Waals surface area contributed by atoms with Gasteiger partial charge in [0.2, 0.25) is 0 Å². The SMILES string of the molecule is Cc1cc(C)c(S(=O)(=O)F)c(Cl)n1. The van der Waals surface area contributed by atoms with Gasteiger partial charge in [0.1, 0.15) is 4.90 Å². The largest absolute Gasteiger partial charge is 0.335 e. The van der Waals surface area contributed by atoms with Gasteiger partial charge in [0, 0.05) is 5.69 Å². The normalized spacial score (nSPS) is 11.7. The molecule has 0 saturated heterocycles. The maximum atomic E-state index is 12.6. The van der Waals surface area contributed by atoms with Crippen molar-refractivity contribution in [3.63, 3.8) is 0 Å². The van der Waals surface area contributed by atoms with E-state index in [4.69, 9.17) is 11.6 Å². The van der Waals surface area contributed by atoms with Gasteiger partial charge in [-0.2, -0.15) is 8.42 Å². The number of hydrogen-bond donors (Lipinski definition) is 0. The molecule has 1 heterocycles. The van der Waals surface area contributed by atoms with E-state index in [0.717, 1.165) is 0 Å². The second-order valence-corrected chi connectivity index (χ2v) is 4.28. The number of rotatable bonds is 1. The Kier molecular flexibility index (Phi) is 2.58. The molecule has 1 aromatic heterocycles. The minimum atomic E-state index is -4.78. The highest BCUT2D eigenvalue weighted by Gasteiger charge is 2.20. The summed E-state index contributed by atoms with van der Waals surface area (Å²) in [5.74, 6) is 0. The van der Waals surface area contributed by atoms with Gasteiger partial charge >= 0.3 is 10.2 Å². The van der Waals surface area contributed by atoms with Crippen LogP contribution in [0.3, 0.4) is 0 Å². The molecule has 0 fully saturated rings. The van der Waals surface area contributed by atoms with E-state index >= 15 is 0 Å². The Hall–Kier alpha value is -0.680. The van der Waals surface area contributed by atoms with Crippen LogP contribution in [0.15, 0.2) is 11.0 Å². The lowest BCUT2D eigenvalue weighted by molar-refractivity contribution is 0.551. The second-order valence-electron chi connectivity index (χ2n) is 2.64. The Labute approximate surface area is 80.8 Å². The molecule has 3 nitrogen and oxygen atoms in total. The fourth-order valence-electron chi connectivity index (χ4n) is 1.07.